The van der Waals surface area contributed by atoms with Crippen LogP contribution in [0.5, 0.6) is 11.5 Å². The second-order valence-corrected chi connectivity index (χ2v) is 8.74. The third kappa shape index (κ3) is 4.21. The van der Waals surface area contributed by atoms with Crippen molar-refractivity contribution in [1.82, 2.24) is 14.9 Å². The molecule has 1 amide bonds. The standard InChI is InChI=1S/C25H25N3O3S/c1-30-20-5-6-24-22(12-20)23(13-26-24)17-7-9-28(10-8-17)25(29)18-3-2-4-21(11-18)31-14-19-15-32-16-27-19/h2-6,11-13,15-17,26H,7-10,14H2,1H3. The van der Waals surface area contributed by atoms with Crippen molar-refractivity contribution in [3.63, 3.8) is 0 Å². The van der Waals surface area contributed by atoms with Crippen molar-refractivity contribution in [2.24, 2.45) is 0 Å². The molecule has 5 rings (SSSR count). The Bertz CT molecular complexity index is 1210. The number of aromatic amines is 1. The van der Waals surface area contributed by atoms with Gasteiger partial charge >= 0.3 is 0 Å². The van der Waals surface area contributed by atoms with Gasteiger partial charge in [-0.1, -0.05) is 6.07 Å². The van der Waals surface area contributed by atoms with Crippen LogP contribution in [0.1, 0.15) is 40.4 Å². The number of nitrogens with zero attached hydrogens (tertiary/aromatic N) is 2. The van der Waals surface area contributed by atoms with E-state index in [-0.39, 0.29) is 5.91 Å². The number of hydrogen-bond acceptors (Lipinski definition) is 5. The molecule has 1 saturated heterocycles. The summed E-state index contributed by atoms with van der Waals surface area (Å²) in [6.45, 7) is 1.88. The fourth-order valence-electron chi connectivity index (χ4n) is 4.35. The Hall–Kier alpha value is -3.32. The number of thiazole rings is 1. The molecule has 4 aromatic rings. The highest BCUT2D eigenvalue weighted by molar-refractivity contribution is 7.07. The van der Waals surface area contributed by atoms with E-state index in [0.29, 0.717) is 23.8 Å². The molecular weight excluding hydrogens is 422 g/mol. The summed E-state index contributed by atoms with van der Waals surface area (Å²) >= 11 is 1.54. The summed E-state index contributed by atoms with van der Waals surface area (Å²) in [7, 11) is 1.69. The quantitative estimate of drug-likeness (QED) is 0.439. The smallest absolute Gasteiger partial charge is 0.253 e. The molecule has 1 N–H and O–H groups in total. The number of hydrogen-bond donors (Lipinski definition) is 1. The number of rotatable bonds is 6. The van der Waals surface area contributed by atoms with Gasteiger partial charge < -0.3 is 19.4 Å². The van der Waals surface area contributed by atoms with Crippen LogP contribution in [-0.4, -0.2) is 41.0 Å². The first kappa shape index (κ1) is 20.6. The zero-order chi connectivity index (χ0) is 21.9. The maximum Gasteiger partial charge on any atom is 0.253 e. The fraction of sp³-hybridized carbons (Fsp3) is 0.280. The van der Waals surface area contributed by atoms with Crippen LogP contribution < -0.4 is 9.47 Å². The molecule has 7 heteroatoms. The highest BCUT2D eigenvalue weighted by atomic mass is 32.1. The van der Waals surface area contributed by atoms with E-state index in [2.05, 4.69) is 28.3 Å². The zero-order valence-corrected chi connectivity index (χ0v) is 18.7. The van der Waals surface area contributed by atoms with E-state index in [1.54, 1.807) is 24.0 Å². The van der Waals surface area contributed by atoms with Gasteiger partial charge in [0.25, 0.3) is 5.91 Å². The van der Waals surface area contributed by atoms with Crippen LogP contribution in [0.25, 0.3) is 10.9 Å². The molecule has 0 atom stereocenters. The van der Waals surface area contributed by atoms with E-state index in [1.807, 2.05) is 40.6 Å². The number of likely N-dealkylation sites (tertiary alicyclic amines) is 1. The summed E-state index contributed by atoms with van der Waals surface area (Å²) in [5.74, 6) is 2.03. The third-order valence-electron chi connectivity index (χ3n) is 6.09. The SMILES string of the molecule is COc1ccc2[nH]cc(C3CCN(C(=O)c4cccc(OCc5cscn5)c4)CC3)c2c1. The summed E-state index contributed by atoms with van der Waals surface area (Å²) in [5.41, 5.74) is 5.77. The van der Waals surface area contributed by atoms with Gasteiger partial charge in [-0.15, -0.1) is 11.3 Å². The Balaban J connectivity index is 1.23. The first-order valence-electron chi connectivity index (χ1n) is 10.8. The monoisotopic (exact) mass is 447 g/mol. The lowest BCUT2D eigenvalue weighted by atomic mass is 9.89. The van der Waals surface area contributed by atoms with Gasteiger partial charge in [0.1, 0.15) is 18.1 Å². The average molecular weight is 448 g/mol. The predicted octanol–water partition coefficient (Wildman–Crippen LogP) is 5.23. The molecule has 0 spiro atoms. The van der Waals surface area contributed by atoms with Crippen LogP contribution in [0, 0.1) is 0 Å². The van der Waals surface area contributed by atoms with E-state index in [0.717, 1.165) is 42.9 Å². The summed E-state index contributed by atoms with van der Waals surface area (Å²) in [6, 6.07) is 13.5. The minimum absolute atomic E-state index is 0.0585. The number of amides is 1. The average Bonchev–Trinajstić information content (AvgIpc) is 3.52. The zero-order valence-electron chi connectivity index (χ0n) is 17.9. The Morgan fingerprint density at radius 3 is 2.84 bits per heavy atom. The van der Waals surface area contributed by atoms with Gasteiger partial charge in [-0.25, -0.2) is 4.98 Å². The number of carbonyl (C=O) groups excluding carboxylic acids is 1. The number of methoxy groups -OCH3 is 1. The summed E-state index contributed by atoms with van der Waals surface area (Å²) in [5, 5.41) is 3.17. The second-order valence-electron chi connectivity index (χ2n) is 8.02. The van der Waals surface area contributed by atoms with E-state index in [4.69, 9.17) is 9.47 Å². The first-order chi connectivity index (χ1) is 15.7. The molecule has 164 valence electrons. The molecule has 0 unspecified atom stereocenters. The van der Waals surface area contributed by atoms with Gasteiger partial charge in [-0.3, -0.25) is 4.79 Å². The highest BCUT2D eigenvalue weighted by Crippen LogP contribution is 2.35. The summed E-state index contributed by atoms with van der Waals surface area (Å²) in [6.07, 6.45) is 3.99. The number of aromatic nitrogens is 2. The molecule has 0 saturated carbocycles. The lowest BCUT2D eigenvalue weighted by Gasteiger charge is -2.32. The van der Waals surface area contributed by atoms with Gasteiger partial charge in [0, 0.05) is 41.1 Å². The van der Waals surface area contributed by atoms with Crippen molar-refractivity contribution in [3.8, 4) is 11.5 Å². The summed E-state index contributed by atoms with van der Waals surface area (Å²) in [4.78, 5) is 22.7. The van der Waals surface area contributed by atoms with E-state index < -0.39 is 0 Å². The molecule has 2 aromatic heterocycles. The van der Waals surface area contributed by atoms with Crippen molar-refractivity contribution in [2.45, 2.75) is 25.4 Å². The van der Waals surface area contributed by atoms with Gasteiger partial charge in [0.15, 0.2) is 0 Å². The molecule has 32 heavy (non-hydrogen) atoms. The van der Waals surface area contributed by atoms with Crippen molar-refractivity contribution in [1.29, 1.82) is 0 Å². The third-order valence-corrected chi connectivity index (χ3v) is 6.73. The maximum atomic E-state index is 13.1. The normalized spacial score (nSPS) is 14.6. The predicted molar refractivity (Wildman–Crippen MR) is 126 cm³/mol. The van der Waals surface area contributed by atoms with E-state index >= 15 is 0 Å². The van der Waals surface area contributed by atoms with Crippen molar-refractivity contribution < 1.29 is 14.3 Å². The van der Waals surface area contributed by atoms with Gasteiger partial charge in [0.05, 0.1) is 18.3 Å². The van der Waals surface area contributed by atoms with Crippen LogP contribution in [0.15, 0.2) is 59.6 Å². The largest absolute Gasteiger partial charge is 0.497 e. The Morgan fingerprint density at radius 1 is 1.19 bits per heavy atom. The molecule has 1 aliphatic rings. The molecule has 3 heterocycles. The number of nitrogens with one attached hydrogen (secondary N) is 1. The molecule has 1 fully saturated rings. The number of benzene rings is 2. The topological polar surface area (TPSA) is 67.5 Å². The first-order valence-corrected chi connectivity index (χ1v) is 11.7. The minimum Gasteiger partial charge on any atom is -0.497 e. The minimum atomic E-state index is 0.0585. The highest BCUT2D eigenvalue weighted by Gasteiger charge is 2.26. The van der Waals surface area contributed by atoms with Crippen LogP contribution in [0.3, 0.4) is 0 Å². The molecule has 6 nitrogen and oxygen atoms in total. The molecular formula is C25H25N3O3S. The Kier molecular flexibility index (Phi) is 5.81. The lowest BCUT2D eigenvalue weighted by molar-refractivity contribution is 0.0713. The molecule has 0 aliphatic carbocycles. The lowest BCUT2D eigenvalue weighted by Crippen LogP contribution is -2.37. The van der Waals surface area contributed by atoms with Crippen LogP contribution in [-0.2, 0) is 6.61 Å². The van der Waals surface area contributed by atoms with E-state index in [9.17, 15) is 4.79 Å². The van der Waals surface area contributed by atoms with Crippen molar-refractivity contribution in [2.75, 3.05) is 20.2 Å². The number of piperidine rings is 1. The van der Waals surface area contributed by atoms with Crippen LogP contribution in [0.4, 0.5) is 0 Å². The Labute approximate surface area is 190 Å². The van der Waals surface area contributed by atoms with E-state index in [1.165, 1.54) is 10.9 Å². The van der Waals surface area contributed by atoms with Gasteiger partial charge in [-0.2, -0.15) is 0 Å². The maximum absolute atomic E-state index is 13.1. The molecule has 0 radical (unpaired) electrons. The van der Waals surface area contributed by atoms with Gasteiger partial charge in [-0.05, 0) is 60.7 Å². The second kappa shape index (κ2) is 9.04. The number of ether oxygens (including phenoxy) is 2. The van der Waals surface area contributed by atoms with Crippen molar-refractivity contribution in [3.05, 3.63) is 76.4 Å². The number of fused-ring (bicyclic) bond motifs is 1. The number of carbonyl (C=O) groups is 1. The van der Waals surface area contributed by atoms with Crippen molar-refractivity contribution >= 4 is 28.1 Å². The van der Waals surface area contributed by atoms with Gasteiger partial charge in [0.2, 0.25) is 0 Å². The Morgan fingerprint density at radius 2 is 2.06 bits per heavy atom. The van der Waals surface area contributed by atoms with Crippen LogP contribution >= 0.6 is 11.3 Å². The van der Waals surface area contributed by atoms with Crippen LogP contribution in [0.2, 0.25) is 0 Å². The fourth-order valence-corrected chi connectivity index (χ4v) is 4.89. The molecule has 0 bridgehead atoms. The molecule has 1 aliphatic heterocycles. The summed E-state index contributed by atoms with van der Waals surface area (Å²) < 4.78 is 11.2. The number of H-pyrrole nitrogens is 1. The molecule has 2 aromatic carbocycles.